The number of anilines is 1. The quantitative estimate of drug-likeness (QED) is 0.547. The van der Waals surface area contributed by atoms with Gasteiger partial charge in [0, 0.05) is 30.5 Å². The van der Waals surface area contributed by atoms with Crippen LogP contribution >= 0.6 is 11.3 Å². The van der Waals surface area contributed by atoms with Crippen molar-refractivity contribution in [3.63, 3.8) is 0 Å². The minimum atomic E-state index is -0.272. The molecule has 0 atom stereocenters. The molecule has 0 aliphatic carbocycles. The molecule has 27 heavy (non-hydrogen) atoms. The van der Waals surface area contributed by atoms with Crippen LogP contribution in [0.15, 0.2) is 64.9 Å². The molecule has 4 aromatic rings. The molecule has 1 N–H and O–H groups in total. The van der Waals surface area contributed by atoms with Gasteiger partial charge in [0.1, 0.15) is 23.9 Å². The number of benzene rings is 1. The first kappa shape index (κ1) is 17.0. The maximum absolute atomic E-state index is 12.4. The van der Waals surface area contributed by atoms with Crippen LogP contribution in [0.1, 0.15) is 16.3 Å². The summed E-state index contributed by atoms with van der Waals surface area (Å²) in [5.74, 6) is 1.91. The van der Waals surface area contributed by atoms with E-state index in [-0.39, 0.29) is 5.91 Å². The van der Waals surface area contributed by atoms with Crippen LogP contribution < -0.4 is 10.1 Å². The number of furan rings is 1. The Kier molecular flexibility index (Phi) is 4.71. The Morgan fingerprint density at radius 3 is 2.85 bits per heavy atom. The molecule has 3 aromatic heterocycles. The van der Waals surface area contributed by atoms with Gasteiger partial charge in [-0.2, -0.15) is 0 Å². The predicted molar refractivity (Wildman–Crippen MR) is 102 cm³/mol. The maximum atomic E-state index is 12.4. The summed E-state index contributed by atoms with van der Waals surface area (Å²) in [5.41, 5.74) is 1.01. The van der Waals surface area contributed by atoms with Crippen LogP contribution in [0.5, 0.6) is 5.75 Å². The summed E-state index contributed by atoms with van der Waals surface area (Å²) in [4.78, 5) is 20.9. The third kappa shape index (κ3) is 3.90. The number of carbonyl (C=O) groups is 1. The number of imidazole rings is 1. The van der Waals surface area contributed by atoms with Gasteiger partial charge in [0.05, 0.1) is 6.26 Å². The SMILES string of the molecule is Cn1ccnc1COc1ccc(NC(=O)c2csc(-c3ccco3)n2)cc1. The third-order valence-electron chi connectivity index (χ3n) is 3.87. The molecule has 0 aliphatic rings. The van der Waals surface area contributed by atoms with E-state index in [1.165, 1.54) is 11.3 Å². The highest BCUT2D eigenvalue weighted by Gasteiger charge is 2.13. The van der Waals surface area contributed by atoms with E-state index in [1.807, 2.05) is 23.9 Å². The normalized spacial score (nSPS) is 10.7. The van der Waals surface area contributed by atoms with Crippen molar-refractivity contribution < 1.29 is 13.9 Å². The van der Waals surface area contributed by atoms with E-state index in [4.69, 9.17) is 9.15 Å². The molecule has 1 aromatic carbocycles. The lowest BCUT2D eigenvalue weighted by Gasteiger charge is -2.08. The molecule has 0 aliphatic heterocycles. The highest BCUT2D eigenvalue weighted by Crippen LogP contribution is 2.24. The van der Waals surface area contributed by atoms with E-state index in [1.54, 1.807) is 48.2 Å². The first-order valence-corrected chi connectivity index (χ1v) is 9.07. The lowest BCUT2D eigenvalue weighted by Crippen LogP contribution is -2.12. The second-order valence-electron chi connectivity index (χ2n) is 5.74. The molecule has 0 radical (unpaired) electrons. The number of rotatable bonds is 6. The monoisotopic (exact) mass is 380 g/mol. The molecule has 136 valence electrons. The van der Waals surface area contributed by atoms with Gasteiger partial charge in [-0.15, -0.1) is 11.3 Å². The van der Waals surface area contributed by atoms with Crippen molar-refractivity contribution >= 4 is 22.9 Å². The number of carbonyl (C=O) groups excluding carboxylic acids is 1. The van der Waals surface area contributed by atoms with E-state index < -0.39 is 0 Å². The zero-order chi connectivity index (χ0) is 18.6. The molecule has 8 heteroatoms. The molecule has 0 unspecified atom stereocenters. The van der Waals surface area contributed by atoms with Crippen molar-refractivity contribution in [2.75, 3.05) is 5.32 Å². The molecule has 0 bridgehead atoms. The molecular weight excluding hydrogens is 364 g/mol. The highest BCUT2D eigenvalue weighted by atomic mass is 32.1. The fourth-order valence-electron chi connectivity index (χ4n) is 2.40. The molecular formula is C19H16N4O3S. The Morgan fingerprint density at radius 1 is 1.30 bits per heavy atom. The van der Waals surface area contributed by atoms with E-state index in [9.17, 15) is 4.79 Å². The Balaban J connectivity index is 1.36. The van der Waals surface area contributed by atoms with Crippen molar-refractivity contribution in [1.29, 1.82) is 0 Å². The minimum Gasteiger partial charge on any atom is -0.486 e. The van der Waals surface area contributed by atoms with Gasteiger partial charge in [-0.3, -0.25) is 4.79 Å². The van der Waals surface area contributed by atoms with Gasteiger partial charge in [0.2, 0.25) is 0 Å². The van der Waals surface area contributed by atoms with Gasteiger partial charge in [0.25, 0.3) is 5.91 Å². The first-order valence-electron chi connectivity index (χ1n) is 8.19. The second-order valence-corrected chi connectivity index (χ2v) is 6.59. The fraction of sp³-hybridized carbons (Fsp3) is 0.105. The molecule has 0 saturated heterocycles. The smallest absolute Gasteiger partial charge is 0.275 e. The number of thiazole rings is 1. The number of hydrogen-bond donors (Lipinski definition) is 1. The van der Waals surface area contributed by atoms with Gasteiger partial charge < -0.3 is 19.0 Å². The topological polar surface area (TPSA) is 82.2 Å². The van der Waals surface area contributed by atoms with Crippen LogP contribution in [-0.2, 0) is 13.7 Å². The average molecular weight is 380 g/mol. The summed E-state index contributed by atoms with van der Waals surface area (Å²) < 4.78 is 12.9. The second kappa shape index (κ2) is 7.46. The fourth-order valence-corrected chi connectivity index (χ4v) is 3.17. The van der Waals surface area contributed by atoms with E-state index in [0.29, 0.717) is 34.5 Å². The number of amides is 1. The molecule has 0 spiro atoms. The van der Waals surface area contributed by atoms with Crippen LogP contribution in [0.2, 0.25) is 0 Å². The van der Waals surface area contributed by atoms with Crippen molar-refractivity contribution in [3.8, 4) is 16.5 Å². The van der Waals surface area contributed by atoms with Crippen molar-refractivity contribution in [3.05, 3.63) is 72.0 Å². The molecule has 1 amide bonds. The summed E-state index contributed by atoms with van der Waals surface area (Å²) in [7, 11) is 1.92. The Hall–Kier alpha value is -3.39. The minimum absolute atomic E-state index is 0.272. The lowest BCUT2D eigenvalue weighted by molar-refractivity contribution is 0.102. The van der Waals surface area contributed by atoms with Gasteiger partial charge >= 0.3 is 0 Å². The van der Waals surface area contributed by atoms with Gasteiger partial charge in [0.15, 0.2) is 10.8 Å². The molecule has 4 rings (SSSR count). The van der Waals surface area contributed by atoms with Crippen molar-refractivity contribution in [2.45, 2.75) is 6.61 Å². The number of hydrogen-bond acceptors (Lipinski definition) is 6. The predicted octanol–water partition coefficient (Wildman–Crippen LogP) is 3.97. The summed E-state index contributed by atoms with van der Waals surface area (Å²) in [6.07, 6.45) is 5.17. The van der Waals surface area contributed by atoms with Crippen LogP contribution in [0.3, 0.4) is 0 Å². The number of aromatic nitrogens is 3. The van der Waals surface area contributed by atoms with Crippen LogP contribution in [-0.4, -0.2) is 20.4 Å². The standard InChI is InChI=1S/C19H16N4O3S/c1-23-9-8-20-17(23)11-26-14-6-4-13(5-7-14)21-18(24)15-12-27-19(22-15)16-3-2-10-25-16/h2-10,12H,11H2,1H3,(H,21,24). The number of aryl methyl sites for hydroxylation is 1. The lowest BCUT2D eigenvalue weighted by atomic mass is 10.3. The zero-order valence-corrected chi connectivity index (χ0v) is 15.3. The molecule has 0 saturated carbocycles. The number of ether oxygens (including phenoxy) is 1. The molecule has 7 nitrogen and oxygen atoms in total. The first-order chi connectivity index (χ1) is 13.2. The summed E-state index contributed by atoms with van der Waals surface area (Å²) in [5, 5.41) is 5.20. The molecule has 0 fully saturated rings. The van der Waals surface area contributed by atoms with Gasteiger partial charge in [-0.1, -0.05) is 0 Å². The van der Waals surface area contributed by atoms with Gasteiger partial charge in [-0.05, 0) is 36.4 Å². The Morgan fingerprint density at radius 2 is 2.15 bits per heavy atom. The van der Waals surface area contributed by atoms with E-state index in [2.05, 4.69) is 15.3 Å². The van der Waals surface area contributed by atoms with Crippen molar-refractivity contribution in [1.82, 2.24) is 14.5 Å². The van der Waals surface area contributed by atoms with Crippen LogP contribution in [0.4, 0.5) is 5.69 Å². The van der Waals surface area contributed by atoms with E-state index >= 15 is 0 Å². The molecule has 3 heterocycles. The van der Waals surface area contributed by atoms with Crippen LogP contribution in [0, 0.1) is 0 Å². The summed E-state index contributed by atoms with van der Waals surface area (Å²) in [6.45, 7) is 0.379. The summed E-state index contributed by atoms with van der Waals surface area (Å²) >= 11 is 1.36. The number of nitrogens with zero attached hydrogens (tertiary/aromatic N) is 3. The zero-order valence-electron chi connectivity index (χ0n) is 14.5. The van der Waals surface area contributed by atoms with Crippen molar-refractivity contribution in [2.24, 2.45) is 7.05 Å². The van der Waals surface area contributed by atoms with Gasteiger partial charge in [-0.25, -0.2) is 9.97 Å². The summed E-state index contributed by atoms with van der Waals surface area (Å²) in [6, 6.07) is 10.8. The third-order valence-corrected chi connectivity index (χ3v) is 4.73. The Labute approximate surface area is 159 Å². The van der Waals surface area contributed by atoms with E-state index in [0.717, 1.165) is 5.82 Å². The maximum Gasteiger partial charge on any atom is 0.275 e. The highest BCUT2D eigenvalue weighted by molar-refractivity contribution is 7.13. The largest absolute Gasteiger partial charge is 0.486 e. The van der Waals surface area contributed by atoms with Crippen LogP contribution in [0.25, 0.3) is 10.8 Å². The Bertz CT molecular complexity index is 1040. The average Bonchev–Trinajstić information content (AvgIpc) is 3.43. The number of nitrogens with one attached hydrogen (secondary N) is 1.